The molecule has 8 heteroatoms. The molecule has 1 aromatic carbocycles. The van der Waals surface area contributed by atoms with E-state index in [0.29, 0.717) is 0 Å². The van der Waals surface area contributed by atoms with Crippen LogP contribution in [0.4, 0.5) is 17.2 Å². The van der Waals surface area contributed by atoms with Crippen molar-refractivity contribution in [2.24, 2.45) is 0 Å². The molecular formula is C18H26Cl2N6. The fraction of sp³-hybridized carbons (Fsp3) is 0.333. The summed E-state index contributed by atoms with van der Waals surface area (Å²) in [6.45, 7) is 2.65. The van der Waals surface area contributed by atoms with Gasteiger partial charge in [0.05, 0.1) is 39.6 Å². The molecule has 0 aliphatic rings. The second-order valence-corrected chi connectivity index (χ2v) is 6.63. The number of halogens is 2. The Hall–Kier alpha value is -1.86. The summed E-state index contributed by atoms with van der Waals surface area (Å²) in [7, 11) is 8.60. The second-order valence-electron chi connectivity index (χ2n) is 6.63. The van der Waals surface area contributed by atoms with Gasteiger partial charge in [-0.15, -0.1) is 0 Å². The van der Waals surface area contributed by atoms with E-state index in [1.165, 1.54) is 26.7 Å². The first-order valence-corrected chi connectivity index (χ1v) is 8.24. The van der Waals surface area contributed by atoms with Gasteiger partial charge >= 0.3 is 0 Å². The smallest absolute Gasteiger partial charge is 0.143 e. The van der Waals surface area contributed by atoms with Crippen LogP contribution in [0.3, 0.4) is 0 Å². The SMILES string of the molecule is Cc1nc(NCc2cc([NH+](C)C)cc([NH+](C)C)c2)c2cc[nH]c2n1.[Cl-].[Cl-]. The van der Waals surface area contributed by atoms with Crippen LogP contribution in [-0.2, 0) is 6.54 Å². The van der Waals surface area contributed by atoms with Crippen molar-refractivity contribution in [1.29, 1.82) is 0 Å². The van der Waals surface area contributed by atoms with Crippen molar-refractivity contribution >= 4 is 28.2 Å². The van der Waals surface area contributed by atoms with E-state index in [2.05, 4.69) is 66.7 Å². The van der Waals surface area contributed by atoms with Crippen LogP contribution in [-0.4, -0.2) is 43.1 Å². The van der Waals surface area contributed by atoms with Gasteiger partial charge in [-0.3, -0.25) is 0 Å². The molecule has 142 valence electrons. The van der Waals surface area contributed by atoms with Crippen LogP contribution in [0.25, 0.3) is 11.0 Å². The molecule has 0 atom stereocenters. The summed E-state index contributed by atoms with van der Waals surface area (Å²) in [6, 6.07) is 8.76. The number of H-pyrrole nitrogens is 1. The molecule has 0 unspecified atom stereocenters. The van der Waals surface area contributed by atoms with E-state index in [4.69, 9.17) is 0 Å². The van der Waals surface area contributed by atoms with Crippen LogP contribution >= 0.6 is 0 Å². The lowest BCUT2D eigenvalue weighted by Crippen LogP contribution is -3.02. The van der Waals surface area contributed by atoms with Crippen LogP contribution in [0.15, 0.2) is 30.5 Å². The monoisotopic (exact) mass is 396 g/mol. The Bertz CT molecular complexity index is 834. The number of aromatic amines is 1. The lowest BCUT2D eigenvalue weighted by Gasteiger charge is -2.14. The first kappa shape index (κ1) is 22.2. The van der Waals surface area contributed by atoms with Gasteiger partial charge in [0.2, 0.25) is 0 Å². The Morgan fingerprint density at radius 2 is 1.58 bits per heavy atom. The Balaban J connectivity index is 0.00000169. The third kappa shape index (κ3) is 4.86. The number of hydrogen-bond acceptors (Lipinski definition) is 3. The molecule has 2 heterocycles. The fourth-order valence-electron chi connectivity index (χ4n) is 2.74. The molecule has 4 N–H and O–H groups in total. The molecule has 0 bridgehead atoms. The number of quaternary nitrogens is 2. The van der Waals surface area contributed by atoms with Crippen molar-refractivity contribution < 1.29 is 34.6 Å². The summed E-state index contributed by atoms with van der Waals surface area (Å²) in [5.74, 6) is 1.64. The highest BCUT2D eigenvalue weighted by Gasteiger charge is 2.12. The summed E-state index contributed by atoms with van der Waals surface area (Å²) in [4.78, 5) is 14.8. The van der Waals surface area contributed by atoms with E-state index in [-0.39, 0.29) is 24.8 Å². The van der Waals surface area contributed by atoms with Crippen molar-refractivity contribution in [3.05, 3.63) is 41.9 Å². The topological polar surface area (TPSA) is 62.5 Å². The predicted molar refractivity (Wildman–Crippen MR) is 97.3 cm³/mol. The van der Waals surface area contributed by atoms with Crippen LogP contribution in [0.2, 0.25) is 0 Å². The largest absolute Gasteiger partial charge is 1.00 e. The van der Waals surface area contributed by atoms with Crippen molar-refractivity contribution in [2.75, 3.05) is 33.5 Å². The zero-order valence-electron chi connectivity index (χ0n) is 15.7. The maximum atomic E-state index is 4.55. The minimum Gasteiger partial charge on any atom is -1.00 e. The van der Waals surface area contributed by atoms with E-state index < -0.39 is 0 Å². The van der Waals surface area contributed by atoms with Crippen molar-refractivity contribution in [2.45, 2.75) is 13.5 Å². The zero-order chi connectivity index (χ0) is 17.3. The van der Waals surface area contributed by atoms with E-state index >= 15 is 0 Å². The van der Waals surface area contributed by atoms with E-state index in [1.54, 1.807) is 0 Å². The number of anilines is 1. The maximum Gasteiger partial charge on any atom is 0.143 e. The number of nitrogens with zero attached hydrogens (tertiary/aromatic N) is 2. The van der Waals surface area contributed by atoms with Crippen LogP contribution < -0.4 is 39.9 Å². The van der Waals surface area contributed by atoms with Gasteiger partial charge in [-0.05, 0) is 18.6 Å². The van der Waals surface area contributed by atoms with Gasteiger partial charge in [-0.2, -0.15) is 0 Å². The van der Waals surface area contributed by atoms with E-state index in [0.717, 1.165) is 29.2 Å². The lowest BCUT2D eigenvalue weighted by molar-refractivity contribution is -0.793. The molecule has 0 saturated heterocycles. The third-order valence-electron chi connectivity index (χ3n) is 4.13. The average molecular weight is 397 g/mol. The molecule has 3 rings (SSSR count). The highest BCUT2D eigenvalue weighted by molar-refractivity contribution is 5.86. The summed E-state index contributed by atoms with van der Waals surface area (Å²) in [5.41, 5.74) is 4.70. The number of rotatable bonds is 5. The molecule has 0 fully saturated rings. The quantitative estimate of drug-likeness (QED) is 0.348. The molecule has 0 saturated carbocycles. The summed E-state index contributed by atoms with van der Waals surface area (Å²) >= 11 is 0. The molecule has 0 radical (unpaired) electrons. The molecule has 26 heavy (non-hydrogen) atoms. The van der Waals surface area contributed by atoms with Crippen LogP contribution in [0, 0.1) is 6.92 Å². The minimum atomic E-state index is 0. The van der Waals surface area contributed by atoms with Crippen molar-refractivity contribution in [1.82, 2.24) is 15.0 Å². The number of nitrogens with one attached hydrogen (secondary N) is 4. The van der Waals surface area contributed by atoms with E-state index in [9.17, 15) is 0 Å². The molecule has 6 nitrogen and oxygen atoms in total. The van der Waals surface area contributed by atoms with Crippen molar-refractivity contribution in [3.63, 3.8) is 0 Å². The number of hydrogen-bond donors (Lipinski definition) is 4. The highest BCUT2D eigenvalue weighted by atomic mass is 35.5. The molecule has 2 aromatic heterocycles. The molecule has 3 aromatic rings. The van der Waals surface area contributed by atoms with Gasteiger partial charge in [0.1, 0.15) is 28.7 Å². The zero-order valence-corrected chi connectivity index (χ0v) is 17.3. The van der Waals surface area contributed by atoms with Gasteiger partial charge < -0.3 is 44.9 Å². The Morgan fingerprint density at radius 1 is 0.962 bits per heavy atom. The Labute approximate surface area is 166 Å². The minimum absolute atomic E-state index is 0. The number of fused-ring (bicyclic) bond motifs is 1. The molecule has 0 amide bonds. The molecule has 0 aliphatic carbocycles. The van der Waals surface area contributed by atoms with Gasteiger partial charge in [-0.25, -0.2) is 9.97 Å². The average Bonchev–Trinajstić information content (AvgIpc) is 3.00. The highest BCUT2D eigenvalue weighted by Crippen LogP contribution is 2.20. The van der Waals surface area contributed by atoms with Crippen molar-refractivity contribution in [3.8, 4) is 0 Å². The molecule has 0 aliphatic heterocycles. The van der Waals surface area contributed by atoms with E-state index in [1.807, 2.05) is 19.2 Å². The number of benzene rings is 1. The normalized spacial score (nSPS) is 10.7. The Kier molecular flexibility index (Phi) is 7.84. The maximum absolute atomic E-state index is 4.55. The first-order chi connectivity index (χ1) is 11.4. The second kappa shape index (κ2) is 9.19. The Morgan fingerprint density at radius 3 is 2.15 bits per heavy atom. The fourth-order valence-corrected chi connectivity index (χ4v) is 2.74. The van der Waals surface area contributed by atoms with Crippen LogP contribution in [0.5, 0.6) is 0 Å². The lowest BCUT2D eigenvalue weighted by atomic mass is 10.1. The predicted octanol–water partition coefficient (Wildman–Crippen LogP) is -5.56. The number of aryl methyl sites for hydroxylation is 1. The van der Waals surface area contributed by atoms with Gasteiger partial charge in [-0.1, -0.05) is 0 Å². The number of aromatic nitrogens is 3. The third-order valence-corrected chi connectivity index (χ3v) is 4.13. The van der Waals surface area contributed by atoms with Gasteiger partial charge in [0.25, 0.3) is 0 Å². The van der Waals surface area contributed by atoms with Gasteiger partial charge in [0, 0.05) is 24.9 Å². The summed E-state index contributed by atoms with van der Waals surface area (Å²) in [6.07, 6.45) is 1.90. The summed E-state index contributed by atoms with van der Waals surface area (Å²) in [5, 5.41) is 4.50. The standard InChI is InChI=1S/C18H24N6.2ClH/c1-12-21-17-16(6-7-19-17)18(22-12)20-11-13-8-14(23(2)3)10-15(9-13)24(4)5;;/h6-10H,11H2,1-5H3,(H2,19,20,21,22);2*1H. The summed E-state index contributed by atoms with van der Waals surface area (Å²) < 4.78 is 0. The van der Waals surface area contributed by atoms with Gasteiger partial charge in [0.15, 0.2) is 0 Å². The first-order valence-electron chi connectivity index (χ1n) is 8.24. The van der Waals surface area contributed by atoms with Crippen LogP contribution in [0.1, 0.15) is 11.4 Å². The molecular weight excluding hydrogens is 371 g/mol. The molecule has 0 spiro atoms.